The number of alkyl halides is 1. The van der Waals surface area contributed by atoms with E-state index in [1.165, 1.54) is 0 Å². The van der Waals surface area contributed by atoms with E-state index in [-0.39, 0.29) is 16.0 Å². The van der Waals surface area contributed by atoms with Crippen LogP contribution in [0.25, 0.3) is 0 Å². The number of hydrogen-bond acceptors (Lipinski definition) is 4. The summed E-state index contributed by atoms with van der Waals surface area (Å²) in [7, 11) is 0. The summed E-state index contributed by atoms with van der Waals surface area (Å²) in [5.74, 6) is 0.692. The molecule has 0 amide bonds. The van der Waals surface area contributed by atoms with Gasteiger partial charge in [-0.25, -0.2) is 8.78 Å². The van der Waals surface area contributed by atoms with Crippen LogP contribution in [-0.2, 0) is 4.74 Å². The lowest BCUT2D eigenvalue weighted by Crippen LogP contribution is -2.34. The number of nitrogens with one attached hydrogen (secondary N) is 1. The molecule has 4 unspecified atom stereocenters. The number of aliphatic hydroxyl groups excluding tert-OH is 1. The molecular weight excluding hydrogens is 306 g/mol. The molecule has 0 radical (unpaired) electrons. The van der Waals surface area contributed by atoms with E-state index in [0.29, 0.717) is 6.42 Å². The first kappa shape index (κ1) is 13.8. The van der Waals surface area contributed by atoms with Crippen molar-refractivity contribution in [2.45, 2.75) is 23.9 Å². The maximum atomic E-state index is 15.0. The molecule has 1 aromatic rings. The van der Waals surface area contributed by atoms with Crippen molar-refractivity contribution < 1.29 is 18.6 Å². The number of fused-ring (bicyclic) bond motifs is 1. The van der Waals surface area contributed by atoms with Gasteiger partial charge < -0.3 is 14.8 Å². The average molecular weight is 316 g/mol. The Bertz CT molecular complexity index is 740. The lowest BCUT2D eigenvalue weighted by Gasteiger charge is -2.26. The molecule has 8 heteroatoms. The van der Waals surface area contributed by atoms with Crippen LogP contribution in [0.4, 0.5) is 8.78 Å². The molecule has 4 nitrogen and oxygen atoms in total. The number of nitrogens with zero attached hydrogens (tertiary/aromatic N) is 1. The Morgan fingerprint density at radius 3 is 2.95 bits per heavy atom. The molecule has 1 aromatic heterocycles. The van der Waals surface area contributed by atoms with E-state index in [4.69, 9.17) is 35.6 Å². The van der Waals surface area contributed by atoms with Crippen molar-refractivity contribution in [1.29, 1.82) is 0 Å². The van der Waals surface area contributed by atoms with Gasteiger partial charge in [0, 0.05) is 12.1 Å². The van der Waals surface area contributed by atoms with Gasteiger partial charge in [0.2, 0.25) is 5.67 Å². The zero-order chi connectivity index (χ0) is 14.7. The number of terminal acetylenes is 1. The Labute approximate surface area is 123 Å². The number of rotatable bonds is 2. The first-order valence-electron chi connectivity index (χ1n) is 5.84. The lowest BCUT2D eigenvalue weighted by molar-refractivity contribution is -0.0920. The Balaban J connectivity index is 2.12. The number of aliphatic hydroxyl groups is 1. The molecule has 1 saturated heterocycles. The summed E-state index contributed by atoms with van der Waals surface area (Å²) < 4.78 is 35.0. The maximum absolute atomic E-state index is 15.0. The van der Waals surface area contributed by atoms with E-state index in [9.17, 15) is 13.9 Å². The SMILES string of the molecule is C#CC1(F)C(n2cc(F)c(=S)[nH]c2=S)OC2(CO)CC21. The highest BCUT2D eigenvalue weighted by molar-refractivity contribution is 7.72. The molecule has 1 aliphatic heterocycles. The fourth-order valence-electron chi connectivity index (χ4n) is 2.71. The molecule has 0 aromatic carbocycles. The van der Waals surface area contributed by atoms with Crippen molar-refractivity contribution in [3.8, 4) is 12.3 Å². The quantitative estimate of drug-likeness (QED) is 0.647. The van der Waals surface area contributed by atoms with E-state index in [2.05, 4.69) is 10.9 Å². The zero-order valence-corrected chi connectivity index (χ0v) is 11.7. The number of halogens is 2. The Morgan fingerprint density at radius 2 is 2.35 bits per heavy atom. The normalized spacial score (nSPS) is 38.3. The van der Waals surface area contributed by atoms with Crippen molar-refractivity contribution in [2.24, 2.45) is 5.92 Å². The summed E-state index contributed by atoms with van der Waals surface area (Å²) in [5, 5.41) is 9.33. The second kappa shape index (κ2) is 4.18. The van der Waals surface area contributed by atoms with Crippen molar-refractivity contribution in [2.75, 3.05) is 6.61 Å². The van der Waals surface area contributed by atoms with Crippen LogP contribution >= 0.6 is 24.4 Å². The second-order valence-electron chi connectivity index (χ2n) is 5.01. The summed E-state index contributed by atoms with van der Waals surface area (Å²) >= 11 is 9.72. The standard InChI is InChI=1S/C12H10F2N2O2S2/c1-2-12(14)7-3-11(7,5-17)18-9(12)16-4-6(13)8(19)15-10(16)20/h1,4,7,9,17H,3,5H2,(H,15,19,20). The van der Waals surface area contributed by atoms with Crippen LogP contribution in [0.5, 0.6) is 0 Å². The third kappa shape index (κ3) is 1.64. The summed E-state index contributed by atoms with van der Waals surface area (Å²) in [4.78, 5) is 2.45. The van der Waals surface area contributed by atoms with Crippen LogP contribution in [0.3, 0.4) is 0 Å². The smallest absolute Gasteiger partial charge is 0.221 e. The van der Waals surface area contributed by atoms with E-state index in [0.717, 1.165) is 10.8 Å². The molecule has 2 heterocycles. The molecule has 2 fully saturated rings. The molecule has 0 bridgehead atoms. The van der Waals surface area contributed by atoms with Crippen LogP contribution in [0.15, 0.2) is 6.20 Å². The van der Waals surface area contributed by atoms with Gasteiger partial charge in [0.05, 0.1) is 6.61 Å². The van der Waals surface area contributed by atoms with Crippen LogP contribution in [0.1, 0.15) is 12.6 Å². The third-order valence-corrected chi connectivity index (χ3v) is 4.51. The molecule has 0 spiro atoms. The van der Waals surface area contributed by atoms with Gasteiger partial charge in [-0.15, -0.1) is 6.42 Å². The highest BCUT2D eigenvalue weighted by atomic mass is 32.1. The molecule has 3 rings (SSSR count). The van der Waals surface area contributed by atoms with Crippen molar-refractivity contribution >= 4 is 24.4 Å². The van der Waals surface area contributed by atoms with Crippen LogP contribution < -0.4 is 0 Å². The lowest BCUT2D eigenvalue weighted by atomic mass is 9.99. The highest BCUT2D eigenvalue weighted by Gasteiger charge is 2.75. The van der Waals surface area contributed by atoms with E-state index in [1.54, 1.807) is 0 Å². The number of aromatic amines is 1. The van der Waals surface area contributed by atoms with Gasteiger partial charge in [0.25, 0.3) is 0 Å². The number of aromatic nitrogens is 2. The Hall–Kier alpha value is -1.14. The largest absolute Gasteiger partial charge is 0.393 e. The van der Waals surface area contributed by atoms with Crippen LogP contribution in [-0.4, -0.2) is 32.5 Å². The van der Waals surface area contributed by atoms with Crippen LogP contribution in [0, 0.1) is 33.5 Å². The summed E-state index contributed by atoms with van der Waals surface area (Å²) in [6.45, 7) is -0.347. The second-order valence-corrected chi connectivity index (χ2v) is 5.80. The summed E-state index contributed by atoms with van der Waals surface area (Å²) in [6, 6.07) is 0. The van der Waals surface area contributed by atoms with Gasteiger partial charge in [-0.05, 0) is 18.6 Å². The minimum atomic E-state index is -2.15. The molecule has 20 heavy (non-hydrogen) atoms. The van der Waals surface area contributed by atoms with Gasteiger partial charge in [-0.1, -0.05) is 18.1 Å². The molecular formula is C12H10F2N2O2S2. The Morgan fingerprint density at radius 1 is 1.65 bits per heavy atom. The van der Waals surface area contributed by atoms with E-state index in [1.807, 2.05) is 0 Å². The Kier molecular flexibility index (Phi) is 2.89. The molecule has 2 N–H and O–H groups in total. The molecule has 1 aliphatic carbocycles. The van der Waals surface area contributed by atoms with Gasteiger partial charge in [-0.3, -0.25) is 4.57 Å². The van der Waals surface area contributed by atoms with Gasteiger partial charge in [0.15, 0.2) is 16.8 Å². The van der Waals surface area contributed by atoms with Gasteiger partial charge in [-0.2, -0.15) is 0 Å². The van der Waals surface area contributed by atoms with E-state index < -0.39 is 29.2 Å². The third-order valence-electron chi connectivity index (χ3n) is 3.90. The fourth-order valence-corrected chi connectivity index (χ4v) is 3.17. The number of hydrogen-bond donors (Lipinski definition) is 2. The number of H-pyrrole nitrogens is 1. The molecule has 4 atom stereocenters. The predicted octanol–water partition coefficient (Wildman–Crippen LogP) is 2.04. The minimum absolute atomic E-state index is 0.00747. The minimum Gasteiger partial charge on any atom is -0.393 e. The first-order valence-corrected chi connectivity index (χ1v) is 6.66. The topological polar surface area (TPSA) is 50.2 Å². The summed E-state index contributed by atoms with van der Waals surface area (Å²) in [6.07, 6.45) is 5.30. The van der Waals surface area contributed by atoms with Crippen molar-refractivity contribution in [1.82, 2.24) is 9.55 Å². The van der Waals surface area contributed by atoms with Gasteiger partial charge in [0.1, 0.15) is 10.2 Å². The van der Waals surface area contributed by atoms with Crippen LogP contribution in [0.2, 0.25) is 0 Å². The van der Waals surface area contributed by atoms with Crippen molar-refractivity contribution in [3.05, 3.63) is 21.4 Å². The molecule has 1 saturated carbocycles. The van der Waals surface area contributed by atoms with Crippen molar-refractivity contribution in [3.63, 3.8) is 0 Å². The monoisotopic (exact) mass is 316 g/mol. The molecule has 2 aliphatic rings. The van der Waals surface area contributed by atoms with Gasteiger partial charge >= 0.3 is 0 Å². The maximum Gasteiger partial charge on any atom is 0.221 e. The number of ether oxygens (including phenoxy) is 1. The highest BCUT2D eigenvalue weighted by Crippen LogP contribution is 2.65. The fraction of sp³-hybridized carbons (Fsp3) is 0.500. The predicted molar refractivity (Wildman–Crippen MR) is 71.1 cm³/mol. The average Bonchev–Trinajstić information content (AvgIpc) is 3.10. The van der Waals surface area contributed by atoms with E-state index >= 15 is 0 Å². The zero-order valence-electron chi connectivity index (χ0n) is 10.1. The first-order chi connectivity index (χ1) is 9.38. The molecule has 106 valence electrons. The summed E-state index contributed by atoms with van der Waals surface area (Å²) in [5.41, 5.74) is -3.14.